The minimum atomic E-state index is 0.0785. The maximum absolute atomic E-state index is 13.3. The van der Waals surface area contributed by atoms with Crippen molar-refractivity contribution in [2.24, 2.45) is 5.92 Å². The van der Waals surface area contributed by atoms with Crippen molar-refractivity contribution in [2.45, 2.75) is 70.5 Å². The van der Waals surface area contributed by atoms with Gasteiger partial charge in [-0.2, -0.15) is 0 Å². The molecular formula is C21H33N5O. The zero-order chi connectivity index (χ0) is 18.8. The highest BCUT2D eigenvalue weighted by atomic mass is 16.2. The van der Waals surface area contributed by atoms with Crippen molar-refractivity contribution in [3.8, 4) is 0 Å². The van der Waals surface area contributed by atoms with Gasteiger partial charge in [0.25, 0.3) is 0 Å². The molecule has 0 radical (unpaired) electrons. The van der Waals surface area contributed by atoms with Crippen LogP contribution in [0.4, 0.5) is 5.95 Å². The summed E-state index contributed by atoms with van der Waals surface area (Å²) < 4.78 is 0. The monoisotopic (exact) mass is 371 g/mol. The molecule has 1 aromatic heterocycles. The van der Waals surface area contributed by atoms with Gasteiger partial charge in [-0.1, -0.05) is 0 Å². The summed E-state index contributed by atoms with van der Waals surface area (Å²) in [5.74, 6) is 1.18. The van der Waals surface area contributed by atoms with E-state index in [1.165, 1.54) is 19.3 Å². The number of anilines is 1. The van der Waals surface area contributed by atoms with Gasteiger partial charge in [0.1, 0.15) is 0 Å². The molecule has 4 heterocycles. The van der Waals surface area contributed by atoms with Gasteiger partial charge >= 0.3 is 0 Å². The van der Waals surface area contributed by atoms with Gasteiger partial charge in [-0.25, -0.2) is 9.97 Å². The number of carbonyl (C=O) groups excluding carboxylic acids is 1. The highest BCUT2D eigenvalue weighted by Gasteiger charge is 2.38. The Labute approximate surface area is 162 Å². The molecule has 0 spiro atoms. The third-order valence-corrected chi connectivity index (χ3v) is 6.76. The SMILES string of the molecule is C[C@@H]1CC[C@H](C)N1[C@@H]1CCCN(C(=O)[C@H]2CCCN(c3ncccn3)C2)C1. The fraction of sp³-hybridized carbons (Fsp3) is 0.762. The number of likely N-dealkylation sites (tertiary alicyclic amines) is 2. The van der Waals surface area contributed by atoms with Crippen LogP contribution in [0, 0.1) is 5.92 Å². The van der Waals surface area contributed by atoms with Gasteiger partial charge in [-0.3, -0.25) is 9.69 Å². The molecule has 3 aliphatic rings. The van der Waals surface area contributed by atoms with E-state index in [2.05, 4.69) is 38.5 Å². The molecule has 1 aromatic rings. The minimum Gasteiger partial charge on any atom is -0.341 e. The number of hydrogen-bond acceptors (Lipinski definition) is 5. The second kappa shape index (κ2) is 8.13. The van der Waals surface area contributed by atoms with Gasteiger partial charge in [-0.15, -0.1) is 0 Å². The van der Waals surface area contributed by atoms with Gasteiger partial charge in [-0.05, 0) is 58.4 Å². The predicted octanol–water partition coefficient (Wildman–Crippen LogP) is 2.56. The molecule has 3 fully saturated rings. The fourth-order valence-electron chi connectivity index (χ4n) is 5.41. The second-order valence-corrected chi connectivity index (χ2v) is 8.64. The quantitative estimate of drug-likeness (QED) is 0.817. The molecule has 0 aromatic carbocycles. The maximum atomic E-state index is 13.3. The van der Waals surface area contributed by atoms with E-state index < -0.39 is 0 Å². The van der Waals surface area contributed by atoms with Crippen LogP contribution in [0.3, 0.4) is 0 Å². The zero-order valence-corrected chi connectivity index (χ0v) is 16.8. The van der Waals surface area contributed by atoms with Gasteiger partial charge < -0.3 is 9.80 Å². The highest BCUT2D eigenvalue weighted by molar-refractivity contribution is 5.79. The van der Waals surface area contributed by atoms with E-state index in [9.17, 15) is 4.79 Å². The van der Waals surface area contributed by atoms with Crippen LogP contribution < -0.4 is 4.90 Å². The van der Waals surface area contributed by atoms with Crippen molar-refractivity contribution in [3.05, 3.63) is 18.5 Å². The first-order chi connectivity index (χ1) is 13.1. The fourth-order valence-corrected chi connectivity index (χ4v) is 5.41. The topological polar surface area (TPSA) is 52.6 Å². The molecule has 0 unspecified atom stereocenters. The van der Waals surface area contributed by atoms with E-state index in [0.717, 1.165) is 51.4 Å². The molecule has 4 atom stereocenters. The molecular weight excluding hydrogens is 338 g/mol. The first-order valence-corrected chi connectivity index (χ1v) is 10.7. The second-order valence-electron chi connectivity index (χ2n) is 8.64. The van der Waals surface area contributed by atoms with E-state index in [1.807, 2.05) is 6.07 Å². The number of nitrogens with zero attached hydrogens (tertiary/aromatic N) is 5. The molecule has 0 bridgehead atoms. The van der Waals surface area contributed by atoms with Gasteiger partial charge in [0.2, 0.25) is 11.9 Å². The normalized spacial score (nSPS) is 32.7. The first kappa shape index (κ1) is 18.7. The summed E-state index contributed by atoms with van der Waals surface area (Å²) >= 11 is 0. The van der Waals surface area contributed by atoms with Crippen molar-refractivity contribution in [2.75, 3.05) is 31.1 Å². The summed E-state index contributed by atoms with van der Waals surface area (Å²) in [5.41, 5.74) is 0. The molecule has 0 saturated carbocycles. The summed E-state index contributed by atoms with van der Waals surface area (Å²) in [6, 6.07) is 3.68. The highest BCUT2D eigenvalue weighted by Crippen LogP contribution is 2.31. The lowest BCUT2D eigenvalue weighted by atomic mass is 9.94. The first-order valence-electron chi connectivity index (χ1n) is 10.7. The average Bonchev–Trinajstić information content (AvgIpc) is 3.06. The van der Waals surface area contributed by atoms with Crippen LogP contribution >= 0.6 is 0 Å². The molecule has 6 nitrogen and oxygen atoms in total. The zero-order valence-electron chi connectivity index (χ0n) is 16.8. The van der Waals surface area contributed by atoms with Crippen LogP contribution in [0.5, 0.6) is 0 Å². The van der Waals surface area contributed by atoms with Crippen LogP contribution in [-0.2, 0) is 4.79 Å². The van der Waals surface area contributed by atoms with E-state index >= 15 is 0 Å². The Morgan fingerprint density at radius 2 is 1.67 bits per heavy atom. The lowest BCUT2D eigenvalue weighted by Crippen LogP contribution is -2.54. The molecule has 6 heteroatoms. The Kier molecular flexibility index (Phi) is 5.62. The van der Waals surface area contributed by atoms with Crippen LogP contribution in [0.15, 0.2) is 18.5 Å². The Balaban J connectivity index is 1.40. The van der Waals surface area contributed by atoms with Crippen LogP contribution in [-0.4, -0.2) is 70.0 Å². The molecule has 3 aliphatic heterocycles. The van der Waals surface area contributed by atoms with Crippen molar-refractivity contribution < 1.29 is 4.79 Å². The number of amides is 1. The summed E-state index contributed by atoms with van der Waals surface area (Å²) in [5, 5.41) is 0. The standard InChI is InChI=1S/C21H33N5O/c1-16-8-9-17(2)26(16)19-7-4-12-24(15-19)20(27)18-6-3-13-25(14-18)21-22-10-5-11-23-21/h5,10-11,16-19H,3-4,6-9,12-15H2,1-2H3/t16-,17+,18-,19+/m0/s1. The largest absolute Gasteiger partial charge is 0.341 e. The lowest BCUT2D eigenvalue weighted by molar-refractivity contribution is -0.138. The number of carbonyl (C=O) groups is 1. The number of hydrogen-bond donors (Lipinski definition) is 0. The summed E-state index contributed by atoms with van der Waals surface area (Å²) in [4.78, 5) is 29.1. The molecule has 148 valence electrons. The molecule has 27 heavy (non-hydrogen) atoms. The van der Waals surface area contributed by atoms with Gasteiger partial charge in [0.05, 0.1) is 5.92 Å². The maximum Gasteiger partial charge on any atom is 0.227 e. The molecule has 1 amide bonds. The minimum absolute atomic E-state index is 0.0785. The van der Waals surface area contributed by atoms with E-state index in [1.54, 1.807) is 12.4 Å². The Morgan fingerprint density at radius 1 is 0.963 bits per heavy atom. The van der Waals surface area contributed by atoms with Crippen molar-refractivity contribution in [3.63, 3.8) is 0 Å². The summed E-state index contributed by atoms with van der Waals surface area (Å²) in [6.45, 7) is 8.22. The Morgan fingerprint density at radius 3 is 2.41 bits per heavy atom. The van der Waals surface area contributed by atoms with Crippen molar-refractivity contribution in [1.29, 1.82) is 0 Å². The van der Waals surface area contributed by atoms with Crippen molar-refractivity contribution in [1.82, 2.24) is 19.8 Å². The molecule has 0 aliphatic carbocycles. The van der Waals surface area contributed by atoms with E-state index in [0.29, 0.717) is 24.0 Å². The van der Waals surface area contributed by atoms with Crippen LogP contribution in [0.25, 0.3) is 0 Å². The number of rotatable bonds is 3. The molecule has 3 saturated heterocycles. The van der Waals surface area contributed by atoms with Crippen molar-refractivity contribution >= 4 is 11.9 Å². The number of piperidine rings is 2. The van der Waals surface area contributed by atoms with Gasteiger partial charge in [0.15, 0.2) is 0 Å². The Hall–Kier alpha value is -1.69. The third-order valence-electron chi connectivity index (χ3n) is 6.76. The molecule has 4 rings (SSSR count). The van der Waals surface area contributed by atoms with Crippen LogP contribution in [0.1, 0.15) is 52.4 Å². The lowest BCUT2D eigenvalue weighted by Gasteiger charge is -2.43. The Bertz CT molecular complexity index is 629. The smallest absolute Gasteiger partial charge is 0.227 e. The average molecular weight is 372 g/mol. The summed E-state index contributed by atoms with van der Waals surface area (Å²) in [6.07, 6.45) is 10.5. The summed E-state index contributed by atoms with van der Waals surface area (Å²) in [7, 11) is 0. The predicted molar refractivity (Wildman–Crippen MR) is 107 cm³/mol. The van der Waals surface area contributed by atoms with E-state index in [-0.39, 0.29) is 5.92 Å². The van der Waals surface area contributed by atoms with E-state index in [4.69, 9.17) is 0 Å². The number of aromatic nitrogens is 2. The third kappa shape index (κ3) is 3.96. The van der Waals surface area contributed by atoms with Gasteiger partial charge in [0, 0.05) is 56.7 Å². The van der Waals surface area contributed by atoms with Crippen LogP contribution in [0.2, 0.25) is 0 Å². The molecule has 0 N–H and O–H groups in total.